The third-order valence-electron chi connectivity index (χ3n) is 5.40. The topological polar surface area (TPSA) is 118 Å². The van der Waals surface area contributed by atoms with E-state index in [1.54, 1.807) is 36.8 Å². The molecule has 0 spiro atoms. The SMILES string of the molecule is O=C(O)c1cccnc1N1CCC(Cc2noc(-c3cc4cnccc4o3)n2)CC1. The lowest BCUT2D eigenvalue weighted by Crippen LogP contribution is -2.36. The summed E-state index contributed by atoms with van der Waals surface area (Å²) in [5.74, 6) is 1.50. The molecule has 0 atom stereocenters. The average Bonchev–Trinajstić information content (AvgIpc) is 3.41. The van der Waals surface area contributed by atoms with E-state index in [1.807, 2.05) is 11.0 Å². The molecule has 1 aliphatic rings. The molecular weight excluding hydrogens is 386 g/mol. The van der Waals surface area contributed by atoms with E-state index in [2.05, 4.69) is 20.1 Å². The van der Waals surface area contributed by atoms with E-state index < -0.39 is 5.97 Å². The Balaban J connectivity index is 1.24. The van der Waals surface area contributed by atoms with Gasteiger partial charge in [-0.15, -0.1) is 0 Å². The van der Waals surface area contributed by atoms with E-state index in [0.29, 0.717) is 35.6 Å². The number of carboxylic acid groups (broad SMARTS) is 1. The van der Waals surface area contributed by atoms with Gasteiger partial charge in [0.15, 0.2) is 11.6 Å². The van der Waals surface area contributed by atoms with Crippen LogP contribution in [0.2, 0.25) is 0 Å². The van der Waals surface area contributed by atoms with E-state index in [9.17, 15) is 9.90 Å². The molecule has 5 rings (SSSR count). The zero-order chi connectivity index (χ0) is 20.5. The van der Waals surface area contributed by atoms with Crippen LogP contribution < -0.4 is 4.90 Å². The number of aromatic carboxylic acids is 1. The summed E-state index contributed by atoms with van der Waals surface area (Å²) < 4.78 is 11.1. The van der Waals surface area contributed by atoms with Gasteiger partial charge in [-0.3, -0.25) is 4.98 Å². The summed E-state index contributed by atoms with van der Waals surface area (Å²) in [5, 5.41) is 14.4. The van der Waals surface area contributed by atoms with Gasteiger partial charge >= 0.3 is 5.97 Å². The minimum atomic E-state index is -0.957. The first-order chi connectivity index (χ1) is 14.7. The Bertz CT molecular complexity index is 1160. The predicted octanol–water partition coefficient (Wildman–Crippen LogP) is 3.43. The van der Waals surface area contributed by atoms with Gasteiger partial charge in [0.25, 0.3) is 5.89 Å². The summed E-state index contributed by atoms with van der Waals surface area (Å²) in [7, 11) is 0. The Morgan fingerprint density at radius 2 is 2.10 bits per heavy atom. The first-order valence-electron chi connectivity index (χ1n) is 9.77. The van der Waals surface area contributed by atoms with Crippen molar-refractivity contribution in [2.75, 3.05) is 18.0 Å². The van der Waals surface area contributed by atoms with Crippen molar-refractivity contribution in [1.29, 1.82) is 0 Å². The molecule has 9 nitrogen and oxygen atoms in total. The molecule has 1 saturated heterocycles. The van der Waals surface area contributed by atoms with E-state index >= 15 is 0 Å². The number of pyridine rings is 2. The van der Waals surface area contributed by atoms with E-state index in [4.69, 9.17) is 8.94 Å². The van der Waals surface area contributed by atoms with Gasteiger partial charge in [0.1, 0.15) is 17.0 Å². The van der Waals surface area contributed by atoms with Crippen LogP contribution in [0.15, 0.2) is 51.8 Å². The molecule has 5 heterocycles. The highest BCUT2D eigenvalue weighted by Crippen LogP contribution is 2.28. The van der Waals surface area contributed by atoms with E-state index in [-0.39, 0.29) is 5.56 Å². The maximum absolute atomic E-state index is 11.4. The normalized spacial score (nSPS) is 15.0. The smallest absolute Gasteiger partial charge is 0.339 e. The maximum atomic E-state index is 11.4. The van der Waals surface area contributed by atoms with Crippen molar-refractivity contribution in [3.05, 3.63) is 54.2 Å². The Kier molecular flexibility index (Phi) is 4.62. The van der Waals surface area contributed by atoms with Gasteiger partial charge in [0.05, 0.1) is 0 Å². The van der Waals surface area contributed by atoms with Crippen LogP contribution in [0.25, 0.3) is 22.6 Å². The van der Waals surface area contributed by atoms with Crippen LogP contribution in [-0.4, -0.2) is 44.3 Å². The summed E-state index contributed by atoms with van der Waals surface area (Å²) in [4.78, 5) is 26.3. The number of fused-ring (bicyclic) bond motifs is 1. The fraction of sp³-hybridized carbons (Fsp3) is 0.286. The van der Waals surface area contributed by atoms with Crippen molar-refractivity contribution in [2.45, 2.75) is 19.3 Å². The molecule has 0 saturated carbocycles. The molecule has 30 heavy (non-hydrogen) atoms. The fourth-order valence-electron chi connectivity index (χ4n) is 3.85. The lowest BCUT2D eigenvalue weighted by molar-refractivity contribution is 0.0697. The molecule has 1 aliphatic heterocycles. The summed E-state index contributed by atoms with van der Waals surface area (Å²) in [6.07, 6.45) is 7.53. The Hall–Kier alpha value is -3.75. The third kappa shape index (κ3) is 3.49. The molecule has 0 amide bonds. The number of hydrogen-bond acceptors (Lipinski definition) is 8. The molecule has 0 unspecified atom stereocenters. The quantitative estimate of drug-likeness (QED) is 0.532. The number of aromatic nitrogens is 4. The van der Waals surface area contributed by atoms with Crippen LogP contribution >= 0.6 is 0 Å². The number of carboxylic acids is 1. The fourth-order valence-corrected chi connectivity index (χ4v) is 3.85. The molecule has 0 radical (unpaired) electrons. The minimum Gasteiger partial charge on any atom is -0.478 e. The number of piperidine rings is 1. The second-order valence-corrected chi connectivity index (χ2v) is 7.35. The van der Waals surface area contributed by atoms with Gasteiger partial charge in [-0.2, -0.15) is 4.98 Å². The third-order valence-corrected chi connectivity index (χ3v) is 5.40. The molecule has 0 bridgehead atoms. The van der Waals surface area contributed by atoms with Crippen molar-refractivity contribution < 1.29 is 18.8 Å². The molecule has 0 aromatic carbocycles. The maximum Gasteiger partial charge on any atom is 0.339 e. The zero-order valence-corrected chi connectivity index (χ0v) is 16.1. The summed E-state index contributed by atoms with van der Waals surface area (Å²) >= 11 is 0. The highest BCUT2D eigenvalue weighted by molar-refractivity contribution is 5.93. The standard InChI is InChI=1S/C21H19N5O4/c27-21(28)15-2-1-6-23-19(15)26-8-4-13(5-9-26)10-18-24-20(30-25-18)17-11-14-12-22-7-3-16(14)29-17/h1-3,6-7,11-13H,4-5,8-10H2,(H,27,28). The van der Waals surface area contributed by atoms with Gasteiger partial charge in [-0.25, -0.2) is 9.78 Å². The summed E-state index contributed by atoms with van der Waals surface area (Å²) in [6.45, 7) is 1.48. The van der Waals surface area contributed by atoms with Crippen LogP contribution in [0.5, 0.6) is 0 Å². The lowest BCUT2D eigenvalue weighted by atomic mass is 9.93. The molecule has 152 valence electrons. The van der Waals surface area contributed by atoms with Gasteiger partial charge in [0, 0.05) is 43.5 Å². The second kappa shape index (κ2) is 7.58. The molecular formula is C21H19N5O4. The molecule has 0 aliphatic carbocycles. The number of nitrogens with zero attached hydrogens (tertiary/aromatic N) is 5. The first-order valence-corrected chi connectivity index (χ1v) is 9.77. The zero-order valence-electron chi connectivity index (χ0n) is 16.1. The summed E-state index contributed by atoms with van der Waals surface area (Å²) in [5.41, 5.74) is 0.960. The van der Waals surface area contributed by atoms with Crippen molar-refractivity contribution in [3.63, 3.8) is 0 Å². The van der Waals surface area contributed by atoms with E-state index in [1.165, 1.54) is 0 Å². The Morgan fingerprint density at radius 3 is 2.90 bits per heavy atom. The van der Waals surface area contributed by atoms with Crippen LogP contribution in [-0.2, 0) is 6.42 Å². The van der Waals surface area contributed by atoms with Crippen LogP contribution in [0.3, 0.4) is 0 Å². The first kappa shape index (κ1) is 18.3. The highest BCUT2D eigenvalue weighted by Gasteiger charge is 2.25. The summed E-state index contributed by atoms with van der Waals surface area (Å²) in [6, 6.07) is 6.87. The van der Waals surface area contributed by atoms with Crippen molar-refractivity contribution in [3.8, 4) is 11.7 Å². The van der Waals surface area contributed by atoms with Crippen molar-refractivity contribution in [1.82, 2.24) is 20.1 Å². The lowest BCUT2D eigenvalue weighted by Gasteiger charge is -2.33. The Morgan fingerprint density at radius 1 is 1.23 bits per heavy atom. The molecule has 4 aromatic heterocycles. The highest BCUT2D eigenvalue weighted by atomic mass is 16.5. The van der Waals surface area contributed by atoms with Crippen molar-refractivity contribution >= 4 is 22.8 Å². The van der Waals surface area contributed by atoms with Gasteiger partial charge in [-0.1, -0.05) is 5.16 Å². The Labute approximate surface area is 171 Å². The van der Waals surface area contributed by atoms with Gasteiger partial charge < -0.3 is 18.9 Å². The monoisotopic (exact) mass is 405 g/mol. The van der Waals surface area contributed by atoms with Crippen LogP contribution in [0.1, 0.15) is 29.0 Å². The number of carbonyl (C=O) groups is 1. The van der Waals surface area contributed by atoms with Crippen LogP contribution in [0.4, 0.5) is 5.82 Å². The van der Waals surface area contributed by atoms with Gasteiger partial charge in [-0.05, 0) is 43.0 Å². The molecule has 9 heteroatoms. The second-order valence-electron chi connectivity index (χ2n) is 7.35. The minimum absolute atomic E-state index is 0.236. The van der Waals surface area contributed by atoms with Crippen molar-refractivity contribution in [2.24, 2.45) is 5.92 Å². The molecule has 1 N–H and O–H groups in total. The number of hydrogen-bond donors (Lipinski definition) is 1. The molecule has 4 aromatic rings. The van der Waals surface area contributed by atoms with E-state index in [0.717, 1.165) is 36.9 Å². The predicted molar refractivity (Wildman–Crippen MR) is 107 cm³/mol. The number of rotatable bonds is 5. The number of furan rings is 1. The van der Waals surface area contributed by atoms with Crippen LogP contribution in [0, 0.1) is 5.92 Å². The average molecular weight is 405 g/mol. The number of anilines is 1. The largest absolute Gasteiger partial charge is 0.478 e. The van der Waals surface area contributed by atoms with Gasteiger partial charge in [0.2, 0.25) is 0 Å². The molecule has 1 fully saturated rings.